The smallest absolute Gasteiger partial charge is 0.149 e. The summed E-state index contributed by atoms with van der Waals surface area (Å²) in [6.45, 7) is 7.75. The van der Waals surface area contributed by atoms with Crippen LogP contribution in [-0.4, -0.2) is 16.4 Å². The molecule has 0 aliphatic carbocycles. The van der Waals surface area contributed by atoms with Gasteiger partial charge >= 0.3 is 0 Å². The Morgan fingerprint density at radius 1 is 1.43 bits per heavy atom. The molecule has 4 heteroatoms. The molecule has 0 atom stereocenters. The summed E-state index contributed by atoms with van der Waals surface area (Å²) in [5.41, 5.74) is 8.16. The van der Waals surface area contributed by atoms with Crippen LogP contribution in [-0.2, 0) is 23.3 Å². The first-order valence-electron chi connectivity index (χ1n) is 4.94. The summed E-state index contributed by atoms with van der Waals surface area (Å²) in [6, 6.07) is 0. The fraction of sp³-hybridized carbons (Fsp3) is 0.700. The van der Waals surface area contributed by atoms with E-state index in [0.717, 1.165) is 18.7 Å². The van der Waals surface area contributed by atoms with E-state index in [9.17, 15) is 0 Å². The lowest BCUT2D eigenvalue weighted by atomic mass is 10.1. The number of nitrogen functional groups attached to an aromatic ring is 1. The summed E-state index contributed by atoms with van der Waals surface area (Å²) in [5.74, 6) is 0.665. The third-order valence-electron chi connectivity index (χ3n) is 2.49. The van der Waals surface area contributed by atoms with Crippen LogP contribution in [0.5, 0.6) is 0 Å². The molecule has 2 N–H and O–H groups in total. The van der Waals surface area contributed by atoms with Crippen molar-refractivity contribution in [3.8, 4) is 0 Å². The topological polar surface area (TPSA) is 53.1 Å². The number of hydrogen-bond acceptors (Lipinski definition) is 3. The van der Waals surface area contributed by atoms with Crippen molar-refractivity contribution in [2.24, 2.45) is 0 Å². The van der Waals surface area contributed by atoms with E-state index >= 15 is 0 Å². The van der Waals surface area contributed by atoms with E-state index in [-0.39, 0.29) is 5.54 Å². The van der Waals surface area contributed by atoms with Crippen LogP contribution in [0.2, 0.25) is 0 Å². The largest absolute Gasteiger partial charge is 0.382 e. The number of hydrogen-bond donors (Lipinski definition) is 1. The molecule has 78 valence electrons. The quantitative estimate of drug-likeness (QED) is 0.678. The average Bonchev–Trinajstić information content (AvgIpc) is 2.44. The Balaban J connectivity index is 2.52. The minimum atomic E-state index is -0.0254. The van der Waals surface area contributed by atoms with Gasteiger partial charge in [-0.05, 0) is 20.8 Å². The summed E-state index contributed by atoms with van der Waals surface area (Å²) >= 11 is 0. The summed E-state index contributed by atoms with van der Waals surface area (Å²) in [7, 11) is 0. The number of anilines is 1. The molecule has 1 aromatic rings. The molecule has 1 aliphatic heterocycles. The van der Waals surface area contributed by atoms with E-state index in [2.05, 4.69) is 25.9 Å². The normalized spacial score (nSPS) is 16.8. The van der Waals surface area contributed by atoms with E-state index in [0.29, 0.717) is 12.4 Å². The van der Waals surface area contributed by atoms with E-state index in [1.807, 2.05) is 4.68 Å². The maximum atomic E-state index is 5.87. The molecule has 0 saturated heterocycles. The van der Waals surface area contributed by atoms with Crippen molar-refractivity contribution in [3.63, 3.8) is 0 Å². The monoisotopic (exact) mass is 195 g/mol. The Morgan fingerprint density at radius 2 is 2.14 bits per heavy atom. The van der Waals surface area contributed by atoms with Gasteiger partial charge in [0.25, 0.3) is 0 Å². The molecule has 0 aromatic carbocycles. The van der Waals surface area contributed by atoms with Crippen LogP contribution in [0, 0.1) is 0 Å². The van der Waals surface area contributed by atoms with Crippen LogP contribution in [0.25, 0.3) is 0 Å². The van der Waals surface area contributed by atoms with Crippen molar-refractivity contribution in [2.75, 3.05) is 12.3 Å². The molecule has 0 bridgehead atoms. The SMILES string of the molecule is CC(C)(C)n1nc(N)c2c1COCC2. The van der Waals surface area contributed by atoms with E-state index < -0.39 is 0 Å². The zero-order chi connectivity index (χ0) is 10.3. The molecular weight excluding hydrogens is 178 g/mol. The number of nitrogens with two attached hydrogens (primary N) is 1. The Kier molecular flexibility index (Phi) is 2.03. The van der Waals surface area contributed by atoms with Gasteiger partial charge < -0.3 is 10.5 Å². The highest BCUT2D eigenvalue weighted by atomic mass is 16.5. The van der Waals surface area contributed by atoms with Crippen LogP contribution in [0.3, 0.4) is 0 Å². The summed E-state index contributed by atoms with van der Waals surface area (Å²) in [4.78, 5) is 0. The minimum Gasteiger partial charge on any atom is -0.382 e. The van der Waals surface area contributed by atoms with Crippen LogP contribution in [0.1, 0.15) is 32.0 Å². The highest BCUT2D eigenvalue weighted by molar-refractivity contribution is 5.43. The van der Waals surface area contributed by atoms with Crippen LogP contribution >= 0.6 is 0 Å². The molecule has 0 amide bonds. The minimum absolute atomic E-state index is 0.0254. The second-order valence-corrected chi connectivity index (χ2v) is 4.70. The number of rotatable bonds is 0. The van der Waals surface area contributed by atoms with Gasteiger partial charge in [0.1, 0.15) is 5.82 Å². The molecular formula is C10H17N3O. The second-order valence-electron chi connectivity index (χ2n) is 4.70. The molecule has 0 radical (unpaired) electrons. The van der Waals surface area contributed by atoms with Gasteiger partial charge in [-0.1, -0.05) is 0 Å². The Bertz CT molecular complexity index is 349. The molecule has 2 heterocycles. The maximum Gasteiger partial charge on any atom is 0.149 e. The number of ether oxygens (including phenoxy) is 1. The van der Waals surface area contributed by atoms with Gasteiger partial charge in [-0.25, -0.2) is 0 Å². The highest BCUT2D eigenvalue weighted by Crippen LogP contribution is 2.27. The van der Waals surface area contributed by atoms with Crippen LogP contribution < -0.4 is 5.73 Å². The third-order valence-corrected chi connectivity index (χ3v) is 2.49. The Labute approximate surface area is 84.0 Å². The highest BCUT2D eigenvalue weighted by Gasteiger charge is 2.25. The van der Waals surface area contributed by atoms with Crippen molar-refractivity contribution in [2.45, 2.75) is 39.3 Å². The fourth-order valence-corrected chi connectivity index (χ4v) is 1.82. The van der Waals surface area contributed by atoms with Crippen LogP contribution in [0.4, 0.5) is 5.82 Å². The fourth-order valence-electron chi connectivity index (χ4n) is 1.82. The summed E-state index contributed by atoms with van der Waals surface area (Å²) in [6.07, 6.45) is 0.886. The van der Waals surface area contributed by atoms with Crippen LogP contribution in [0.15, 0.2) is 0 Å². The van der Waals surface area contributed by atoms with E-state index in [1.54, 1.807) is 0 Å². The van der Waals surface area contributed by atoms with Crippen molar-refractivity contribution < 1.29 is 4.74 Å². The van der Waals surface area contributed by atoms with E-state index in [4.69, 9.17) is 10.5 Å². The summed E-state index contributed by atoms with van der Waals surface area (Å²) < 4.78 is 7.41. The Hall–Kier alpha value is -1.03. The molecule has 14 heavy (non-hydrogen) atoms. The Morgan fingerprint density at radius 3 is 2.79 bits per heavy atom. The predicted molar refractivity (Wildman–Crippen MR) is 55.0 cm³/mol. The zero-order valence-electron chi connectivity index (χ0n) is 9.00. The van der Waals surface area contributed by atoms with Gasteiger partial charge in [0.05, 0.1) is 24.4 Å². The lowest BCUT2D eigenvalue weighted by molar-refractivity contribution is 0.1000. The maximum absolute atomic E-state index is 5.87. The molecule has 0 saturated carbocycles. The molecule has 1 aromatic heterocycles. The van der Waals surface area contributed by atoms with Crippen molar-refractivity contribution in [1.29, 1.82) is 0 Å². The van der Waals surface area contributed by atoms with Gasteiger partial charge in [0.2, 0.25) is 0 Å². The molecule has 0 spiro atoms. The zero-order valence-corrected chi connectivity index (χ0v) is 9.00. The van der Waals surface area contributed by atoms with Gasteiger partial charge in [0.15, 0.2) is 0 Å². The molecule has 0 unspecified atom stereocenters. The van der Waals surface area contributed by atoms with Crippen molar-refractivity contribution in [3.05, 3.63) is 11.3 Å². The first-order chi connectivity index (χ1) is 6.50. The second kappa shape index (κ2) is 2.98. The number of nitrogens with zero attached hydrogens (tertiary/aromatic N) is 2. The molecule has 1 aliphatic rings. The molecule has 2 rings (SSSR count). The first kappa shape index (κ1) is 9.52. The van der Waals surface area contributed by atoms with Gasteiger partial charge in [0, 0.05) is 12.0 Å². The third kappa shape index (κ3) is 1.39. The van der Waals surface area contributed by atoms with Gasteiger partial charge in [-0.3, -0.25) is 4.68 Å². The lowest BCUT2D eigenvalue weighted by Crippen LogP contribution is -2.27. The average molecular weight is 195 g/mol. The first-order valence-corrected chi connectivity index (χ1v) is 4.94. The van der Waals surface area contributed by atoms with Crippen molar-refractivity contribution in [1.82, 2.24) is 9.78 Å². The number of aromatic nitrogens is 2. The van der Waals surface area contributed by atoms with Crippen molar-refractivity contribution >= 4 is 5.82 Å². The standard InChI is InChI=1S/C10H17N3O/c1-10(2,3)13-8-6-14-5-4-7(8)9(11)12-13/h4-6H2,1-3H3,(H2,11,12). The summed E-state index contributed by atoms with van der Waals surface area (Å²) in [5, 5.41) is 4.38. The molecule has 0 fully saturated rings. The predicted octanol–water partition coefficient (Wildman–Crippen LogP) is 1.29. The van der Waals surface area contributed by atoms with E-state index in [1.165, 1.54) is 5.56 Å². The lowest BCUT2D eigenvalue weighted by Gasteiger charge is -2.24. The van der Waals surface area contributed by atoms with Gasteiger partial charge in [-0.15, -0.1) is 0 Å². The van der Waals surface area contributed by atoms with Gasteiger partial charge in [-0.2, -0.15) is 5.10 Å². The number of fused-ring (bicyclic) bond motifs is 1. The molecule has 4 nitrogen and oxygen atoms in total.